The number of nitrogens with zero attached hydrogens (tertiary/aromatic N) is 2. The van der Waals surface area contributed by atoms with Gasteiger partial charge in [-0.25, -0.2) is 0 Å². The zero-order valence-corrected chi connectivity index (χ0v) is 12.7. The summed E-state index contributed by atoms with van der Waals surface area (Å²) in [5.41, 5.74) is 0.802. The van der Waals surface area contributed by atoms with Gasteiger partial charge < -0.3 is 14.9 Å². The Morgan fingerprint density at radius 2 is 1.91 bits per heavy atom. The molecule has 6 nitrogen and oxygen atoms in total. The molecule has 1 fully saturated rings. The molecule has 1 N–H and O–H groups in total. The SMILES string of the molecule is CC(C(=O)O)C(=O)N1CCC(C(=O)N(C)c2ccccc2)C1. The number of hydrogen-bond donors (Lipinski definition) is 1. The lowest BCUT2D eigenvalue weighted by Gasteiger charge is -2.22. The molecule has 0 aromatic heterocycles. The Labute approximate surface area is 129 Å². The Bertz CT molecular complexity index is 573. The third-order valence-corrected chi connectivity index (χ3v) is 4.06. The monoisotopic (exact) mass is 304 g/mol. The number of carbonyl (C=O) groups excluding carboxylic acids is 2. The number of benzene rings is 1. The van der Waals surface area contributed by atoms with Crippen LogP contribution >= 0.6 is 0 Å². The second kappa shape index (κ2) is 6.60. The molecule has 1 aromatic carbocycles. The van der Waals surface area contributed by atoms with Gasteiger partial charge >= 0.3 is 5.97 Å². The summed E-state index contributed by atoms with van der Waals surface area (Å²) >= 11 is 0. The maximum atomic E-state index is 12.5. The molecule has 1 saturated heterocycles. The highest BCUT2D eigenvalue weighted by Gasteiger charge is 2.36. The number of anilines is 1. The Morgan fingerprint density at radius 1 is 1.27 bits per heavy atom. The van der Waals surface area contributed by atoms with Crippen molar-refractivity contribution in [3.63, 3.8) is 0 Å². The van der Waals surface area contributed by atoms with Crippen molar-refractivity contribution >= 4 is 23.5 Å². The average molecular weight is 304 g/mol. The third-order valence-electron chi connectivity index (χ3n) is 4.06. The molecule has 1 aromatic rings. The van der Waals surface area contributed by atoms with Gasteiger partial charge in [0.2, 0.25) is 11.8 Å². The first-order chi connectivity index (χ1) is 10.4. The van der Waals surface area contributed by atoms with E-state index in [1.54, 1.807) is 11.9 Å². The largest absolute Gasteiger partial charge is 0.481 e. The molecule has 0 aliphatic carbocycles. The molecule has 0 bridgehead atoms. The Hall–Kier alpha value is -2.37. The standard InChI is InChI=1S/C16H20N2O4/c1-11(16(21)22)14(19)18-9-8-12(10-18)15(20)17(2)13-6-4-3-5-7-13/h3-7,11-12H,8-10H2,1-2H3,(H,21,22). The lowest BCUT2D eigenvalue weighted by Crippen LogP contribution is -2.39. The zero-order chi connectivity index (χ0) is 16.3. The number of aliphatic carboxylic acids is 1. The van der Waals surface area contributed by atoms with Gasteiger partial charge in [0.15, 0.2) is 0 Å². The predicted octanol–water partition coefficient (Wildman–Crippen LogP) is 1.22. The number of rotatable bonds is 4. The van der Waals surface area contributed by atoms with E-state index >= 15 is 0 Å². The van der Waals surface area contributed by atoms with E-state index in [1.165, 1.54) is 11.8 Å². The van der Waals surface area contributed by atoms with E-state index in [1.807, 2.05) is 30.3 Å². The van der Waals surface area contributed by atoms with E-state index < -0.39 is 17.8 Å². The predicted molar refractivity (Wildman–Crippen MR) is 81.3 cm³/mol. The molecule has 6 heteroatoms. The number of hydrogen-bond acceptors (Lipinski definition) is 3. The summed E-state index contributed by atoms with van der Waals surface area (Å²) in [6, 6.07) is 9.30. The second-order valence-electron chi connectivity index (χ2n) is 5.56. The fraction of sp³-hybridized carbons (Fsp3) is 0.438. The second-order valence-corrected chi connectivity index (χ2v) is 5.56. The van der Waals surface area contributed by atoms with E-state index in [9.17, 15) is 14.4 Å². The molecule has 22 heavy (non-hydrogen) atoms. The number of amides is 2. The topological polar surface area (TPSA) is 77.9 Å². The van der Waals surface area contributed by atoms with Crippen LogP contribution in [-0.2, 0) is 14.4 Å². The Morgan fingerprint density at radius 3 is 2.50 bits per heavy atom. The van der Waals surface area contributed by atoms with Crippen LogP contribution in [0.4, 0.5) is 5.69 Å². The summed E-state index contributed by atoms with van der Waals surface area (Å²) in [6.07, 6.45) is 0.564. The van der Waals surface area contributed by atoms with Crippen molar-refractivity contribution in [2.24, 2.45) is 11.8 Å². The van der Waals surface area contributed by atoms with Gasteiger partial charge in [0.1, 0.15) is 5.92 Å². The van der Waals surface area contributed by atoms with Crippen LogP contribution in [0.25, 0.3) is 0 Å². The summed E-state index contributed by atoms with van der Waals surface area (Å²) in [5.74, 6) is -2.97. The molecule has 118 valence electrons. The van der Waals surface area contributed by atoms with Crippen molar-refractivity contribution < 1.29 is 19.5 Å². The average Bonchev–Trinajstić information content (AvgIpc) is 3.02. The highest BCUT2D eigenvalue weighted by molar-refractivity contribution is 5.98. The smallest absolute Gasteiger partial charge is 0.315 e. The van der Waals surface area contributed by atoms with Gasteiger partial charge in [-0.05, 0) is 25.5 Å². The van der Waals surface area contributed by atoms with Crippen molar-refractivity contribution in [2.75, 3.05) is 25.0 Å². The van der Waals surface area contributed by atoms with Crippen LogP contribution in [-0.4, -0.2) is 47.9 Å². The minimum atomic E-state index is -1.14. The molecule has 0 radical (unpaired) electrons. The number of carbonyl (C=O) groups is 3. The van der Waals surface area contributed by atoms with Crippen LogP contribution in [0.3, 0.4) is 0 Å². The minimum Gasteiger partial charge on any atom is -0.481 e. The summed E-state index contributed by atoms with van der Waals surface area (Å²) in [4.78, 5) is 38.4. The van der Waals surface area contributed by atoms with Crippen molar-refractivity contribution in [1.29, 1.82) is 0 Å². The van der Waals surface area contributed by atoms with Crippen LogP contribution in [0.1, 0.15) is 13.3 Å². The zero-order valence-electron chi connectivity index (χ0n) is 12.7. The first-order valence-corrected chi connectivity index (χ1v) is 7.26. The minimum absolute atomic E-state index is 0.0514. The van der Waals surface area contributed by atoms with Crippen molar-refractivity contribution in [2.45, 2.75) is 13.3 Å². The molecule has 2 rings (SSSR count). The summed E-state index contributed by atoms with van der Waals surface area (Å²) in [6.45, 7) is 2.08. The lowest BCUT2D eigenvalue weighted by molar-refractivity contribution is -0.149. The van der Waals surface area contributed by atoms with Gasteiger partial charge in [0, 0.05) is 25.8 Å². The Balaban J connectivity index is 1.99. The molecule has 1 aliphatic rings. The molecule has 0 spiro atoms. The number of carboxylic acids is 1. The normalized spacial score (nSPS) is 18.8. The lowest BCUT2D eigenvalue weighted by atomic mass is 10.1. The van der Waals surface area contributed by atoms with E-state index in [0.717, 1.165) is 5.69 Å². The van der Waals surface area contributed by atoms with Gasteiger partial charge in [-0.3, -0.25) is 14.4 Å². The third kappa shape index (κ3) is 3.27. The van der Waals surface area contributed by atoms with Crippen LogP contribution in [0, 0.1) is 11.8 Å². The molecular formula is C16H20N2O4. The first-order valence-electron chi connectivity index (χ1n) is 7.26. The van der Waals surface area contributed by atoms with Gasteiger partial charge in [0.05, 0.1) is 5.92 Å². The highest BCUT2D eigenvalue weighted by atomic mass is 16.4. The number of carboxylic acid groups (broad SMARTS) is 1. The maximum Gasteiger partial charge on any atom is 0.315 e. The molecule has 0 saturated carbocycles. The Kier molecular flexibility index (Phi) is 4.80. The van der Waals surface area contributed by atoms with Gasteiger partial charge in [0.25, 0.3) is 0 Å². The fourth-order valence-electron chi connectivity index (χ4n) is 2.59. The van der Waals surface area contributed by atoms with Crippen molar-refractivity contribution in [3.8, 4) is 0 Å². The van der Waals surface area contributed by atoms with Crippen molar-refractivity contribution in [1.82, 2.24) is 4.90 Å². The number of likely N-dealkylation sites (tertiary alicyclic amines) is 1. The molecule has 1 heterocycles. The molecule has 2 amide bonds. The molecular weight excluding hydrogens is 284 g/mol. The summed E-state index contributed by atoms with van der Waals surface area (Å²) < 4.78 is 0. The van der Waals surface area contributed by atoms with Crippen molar-refractivity contribution in [3.05, 3.63) is 30.3 Å². The van der Waals surface area contributed by atoms with Crippen LogP contribution in [0.15, 0.2) is 30.3 Å². The molecule has 1 aliphatic heterocycles. The van der Waals surface area contributed by atoms with E-state index in [2.05, 4.69) is 0 Å². The maximum absolute atomic E-state index is 12.5. The van der Waals surface area contributed by atoms with E-state index in [0.29, 0.717) is 13.0 Å². The molecule has 2 unspecified atom stereocenters. The first kappa shape index (κ1) is 16.0. The van der Waals surface area contributed by atoms with Crippen LogP contribution in [0.5, 0.6) is 0 Å². The van der Waals surface area contributed by atoms with Crippen LogP contribution < -0.4 is 4.90 Å². The van der Waals surface area contributed by atoms with E-state index in [-0.39, 0.29) is 18.4 Å². The molecule has 2 atom stereocenters. The quantitative estimate of drug-likeness (QED) is 0.848. The van der Waals surface area contributed by atoms with Gasteiger partial charge in [-0.2, -0.15) is 0 Å². The van der Waals surface area contributed by atoms with Gasteiger partial charge in [-0.1, -0.05) is 18.2 Å². The fourth-order valence-corrected chi connectivity index (χ4v) is 2.59. The summed E-state index contributed by atoms with van der Waals surface area (Å²) in [7, 11) is 1.71. The van der Waals surface area contributed by atoms with Crippen LogP contribution in [0.2, 0.25) is 0 Å². The number of para-hydroxylation sites is 1. The van der Waals surface area contributed by atoms with Gasteiger partial charge in [-0.15, -0.1) is 0 Å². The highest BCUT2D eigenvalue weighted by Crippen LogP contribution is 2.23. The summed E-state index contributed by atoms with van der Waals surface area (Å²) in [5, 5.41) is 8.90. The van der Waals surface area contributed by atoms with E-state index in [4.69, 9.17) is 5.11 Å².